The summed E-state index contributed by atoms with van der Waals surface area (Å²) in [5.41, 5.74) is -0.961. The number of hydrogen-bond donors (Lipinski definition) is 3. The highest BCUT2D eigenvalue weighted by molar-refractivity contribution is 5.83. The summed E-state index contributed by atoms with van der Waals surface area (Å²) in [5.74, 6) is -1.62. The number of rotatable bonds is 3. The zero-order valence-electron chi connectivity index (χ0n) is 12.8. The molecule has 1 amide bonds. The van der Waals surface area contributed by atoms with E-state index in [1.165, 1.54) is 6.92 Å². The average molecular weight is 331 g/mol. The third-order valence-corrected chi connectivity index (χ3v) is 3.22. The lowest BCUT2D eigenvalue weighted by Gasteiger charge is -2.17. The van der Waals surface area contributed by atoms with E-state index in [0.29, 0.717) is 4.57 Å². The Bertz CT molecular complexity index is 649. The van der Waals surface area contributed by atoms with Crippen molar-refractivity contribution in [1.29, 1.82) is 0 Å². The number of amides is 1. The lowest BCUT2D eigenvalue weighted by atomic mass is 10.1. The molecule has 0 bridgehead atoms. The molecule has 2 rings (SSSR count). The Morgan fingerprint density at radius 2 is 2.13 bits per heavy atom. The number of hydrogen-bond acceptors (Lipinski definition) is 7. The van der Waals surface area contributed by atoms with Gasteiger partial charge in [-0.05, 0) is 20.8 Å². The van der Waals surface area contributed by atoms with Gasteiger partial charge < -0.3 is 19.7 Å². The Kier molecular flexibility index (Phi) is 4.97. The minimum Gasteiger partial charge on any atom is -0.447 e. The number of carbonyl (C=O) groups is 1. The molecule has 128 valence electrons. The van der Waals surface area contributed by atoms with Crippen LogP contribution in [0.25, 0.3) is 0 Å². The number of carbonyl (C=O) groups excluding carboxylic acids is 1. The van der Waals surface area contributed by atoms with Gasteiger partial charge in [-0.2, -0.15) is 4.98 Å². The van der Waals surface area contributed by atoms with E-state index in [2.05, 4.69) is 4.98 Å². The molecule has 3 N–H and O–H groups in total. The van der Waals surface area contributed by atoms with Crippen molar-refractivity contribution in [3.05, 3.63) is 22.5 Å². The number of halogens is 1. The van der Waals surface area contributed by atoms with Crippen LogP contribution < -0.4 is 11.0 Å². The number of ether oxygens (including phenoxy) is 2. The predicted octanol–water partition coefficient (Wildman–Crippen LogP) is -0.0216. The van der Waals surface area contributed by atoms with Gasteiger partial charge in [0.05, 0.1) is 18.4 Å². The monoisotopic (exact) mass is 331 g/mol. The van der Waals surface area contributed by atoms with Crippen molar-refractivity contribution in [3.8, 4) is 0 Å². The van der Waals surface area contributed by atoms with Crippen LogP contribution in [0.1, 0.15) is 27.0 Å². The van der Waals surface area contributed by atoms with E-state index in [1.807, 2.05) is 5.32 Å². The van der Waals surface area contributed by atoms with E-state index < -0.39 is 54.1 Å². The Morgan fingerprint density at radius 3 is 2.65 bits per heavy atom. The maximum atomic E-state index is 14.0. The molecule has 0 saturated carbocycles. The Morgan fingerprint density at radius 1 is 1.48 bits per heavy atom. The van der Waals surface area contributed by atoms with E-state index >= 15 is 0 Å². The zero-order valence-corrected chi connectivity index (χ0v) is 12.8. The average Bonchev–Trinajstić information content (AvgIpc) is 2.69. The summed E-state index contributed by atoms with van der Waals surface area (Å²) >= 11 is 0. The van der Waals surface area contributed by atoms with Crippen LogP contribution in [0, 0.1) is 5.82 Å². The van der Waals surface area contributed by atoms with Gasteiger partial charge in [-0.1, -0.05) is 0 Å². The molecule has 2 heterocycles. The molecule has 1 saturated heterocycles. The molecule has 1 aromatic rings. The van der Waals surface area contributed by atoms with Gasteiger partial charge in [0.25, 0.3) is 0 Å². The SMILES string of the molecule is CC(C)OC(=O)Nc1nc(=O)n([C@@H]2O[C@H](C)[C@H](O)C2O)cc1F. The molecule has 0 aliphatic carbocycles. The maximum absolute atomic E-state index is 14.0. The highest BCUT2D eigenvalue weighted by Crippen LogP contribution is 2.28. The molecular formula is C13H18FN3O6. The predicted molar refractivity (Wildman–Crippen MR) is 75.3 cm³/mol. The fraction of sp³-hybridized carbons (Fsp3) is 0.615. The number of nitrogens with one attached hydrogen (secondary N) is 1. The molecule has 0 aromatic carbocycles. The van der Waals surface area contributed by atoms with E-state index in [1.54, 1.807) is 13.8 Å². The maximum Gasteiger partial charge on any atom is 0.413 e. The van der Waals surface area contributed by atoms with Crippen molar-refractivity contribution in [3.63, 3.8) is 0 Å². The van der Waals surface area contributed by atoms with E-state index in [9.17, 15) is 24.2 Å². The highest BCUT2D eigenvalue weighted by Gasteiger charge is 2.42. The van der Waals surface area contributed by atoms with Gasteiger partial charge in [-0.25, -0.2) is 14.0 Å². The summed E-state index contributed by atoms with van der Waals surface area (Å²) in [6.07, 6.45) is -5.27. The summed E-state index contributed by atoms with van der Waals surface area (Å²) < 4.78 is 24.7. The molecule has 9 nitrogen and oxygen atoms in total. The molecule has 10 heteroatoms. The zero-order chi connectivity index (χ0) is 17.3. The molecule has 0 radical (unpaired) electrons. The standard InChI is InChI=1S/C13H18FN3O6/c1-5(2)22-13(21)16-10-7(14)4-17(12(20)15-10)11-9(19)8(18)6(3)23-11/h4-6,8-9,11,18-19H,1-3H3,(H,15,16,20,21)/t6-,8+,9?,11-/m1/s1. The Balaban J connectivity index is 2.24. The molecule has 1 aliphatic heterocycles. The van der Waals surface area contributed by atoms with E-state index in [-0.39, 0.29) is 0 Å². The molecule has 1 unspecified atom stereocenters. The van der Waals surface area contributed by atoms with Gasteiger partial charge in [0.2, 0.25) is 0 Å². The van der Waals surface area contributed by atoms with Crippen LogP contribution in [0.3, 0.4) is 0 Å². The van der Waals surface area contributed by atoms with Crippen molar-refractivity contribution in [1.82, 2.24) is 9.55 Å². The van der Waals surface area contributed by atoms with Crippen molar-refractivity contribution in [2.24, 2.45) is 0 Å². The van der Waals surface area contributed by atoms with E-state index in [0.717, 1.165) is 6.20 Å². The van der Waals surface area contributed by atoms with Gasteiger partial charge in [-0.3, -0.25) is 9.88 Å². The molecule has 1 aliphatic rings. The minimum absolute atomic E-state index is 0.427. The normalized spacial score (nSPS) is 27.3. The highest BCUT2D eigenvalue weighted by atomic mass is 19.1. The van der Waals surface area contributed by atoms with E-state index in [4.69, 9.17) is 9.47 Å². The molecule has 4 atom stereocenters. The lowest BCUT2D eigenvalue weighted by Crippen LogP contribution is -2.36. The Hall–Kier alpha value is -2.04. The van der Waals surface area contributed by atoms with Crippen molar-refractivity contribution < 1.29 is 28.9 Å². The molecule has 1 fully saturated rings. The number of aromatic nitrogens is 2. The first kappa shape index (κ1) is 17.3. The van der Waals surface area contributed by atoms with Crippen LogP contribution in [-0.2, 0) is 9.47 Å². The summed E-state index contributed by atoms with van der Waals surface area (Å²) in [6.45, 7) is 4.71. The van der Waals surface area contributed by atoms with Crippen LogP contribution in [0.5, 0.6) is 0 Å². The van der Waals surface area contributed by atoms with Crippen molar-refractivity contribution >= 4 is 11.9 Å². The molecule has 0 spiro atoms. The van der Waals surface area contributed by atoms with Gasteiger partial charge in [0.15, 0.2) is 17.9 Å². The summed E-state index contributed by atoms with van der Waals surface area (Å²) in [5, 5.41) is 21.5. The fourth-order valence-corrected chi connectivity index (χ4v) is 2.11. The Labute approximate surface area is 130 Å². The van der Waals surface area contributed by atoms with Crippen LogP contribution in [0.2, 0.25) is 0 Å². The lowest BCUT2D eigenvalue weighted by molar-refractivity contribution is -0.0355. The van der Waals surface area contributed by atoms with Crippen LogP contribution >= 0.6 is 0 Å². The van der Waals surface area contributed by atoms with Gasteiger partial charge in [-0.15, -0.1) is 0 Å². The van der Waals surface area contributed by atoms with Gasteiger partial charge >= 0.3 is 11.8 Å². The number of nitrogens with zero attached hydrogens (tertiary/aromatic N) is 2. The summed E-state index contributed by atoms with van der Waals surface area (Å²) in [7, 11) is 0. The van der Waals surface area contributed by atoms with Crippen LogP contribution in [0.4, 0.5) is 15.0 Å². The number of anilines is 1. The molecule has 23 heavy (non-hydrogen) atoms. The number of aliphatic hydroxyl groups excluding tert-OH is 2. The second kappa shape index (κ2) is 6.60. The quantitative estimate of drug-likeness (QED) is 0.711. The number of aliphatic hydroxyl groups is 2. The van der Waals surface area contributed by atoms with Crippen LogP contribution in [0.15, 0.2) is 11.0 Å². The molecular weight excluding hydrogens is 313 g/mol. The fourth-order valence-electron chi connectivity index (χ4n) is 2.11. The second-order valence-corrected chi connectivity index (χ2v) is 5.42. The summed E-state index contributed by atoms with van der Waals surface area (Å²) in [6, 6.07) is 0. The van der Waals surface area contributed by atoms with Crippen LogP contribution in [-0.4, -0.2) is 50.3 Å². The first-order valence-electron chi connectivity index (χ1n) is 6.98. The summed E-state index contributed by atoms with van der Waals surface area (Å²) in [4.78, 5) is 26.8. The van der Waals surface area contributed by atoms with Gasteiger partial charge in [0, 0.05) is 0 Å². The first-order chi connectivity index (χ1) is 10.7. The first-order valence-corrected chi connectivity index (χ1v) is 6.98. The third kappa shape index (κ3) is 3.66. The second-order valence-electron chi connectivity index (χ2n) is 5.42. The smallest absolute Gasteiger partial charge is 0.413 e. The van der Waals surface area contributed by atoms with Crippen molar-refractivity contribution in [2.75, 3.05) is 5.32 Å². The molecule has 1 aromatic heterocycles. The topological polar surface area (TPSA) is 123 Å². The van der Waals surface area contributed by atoms with Gasteiger partial charge in [0.1, 0.15) is 12.2 Å². The van der Waals surface area contributed by atoms with Crippen molar-refractivity contribution in [2.45, 2.75) is 51.4 Å². The minimum atomic E-state index is -1.41. The largest absolute Gasteiger partial charge is 0.447 e. The third-order valence-electron chi connectivity index (χ3n) is 3.22.